The van der Waals surface area contributed by atoms with Crippen molar-refractivity contribution in [3.8, 4) is 0 Å². The fourth-order valence-corrected chi connectivity index (χ4v) is 9.93. The third-order valence-corrected chi connectivity index (χ3v) is 15.0. The van der Waals surface area contributed by atoms with Gasteiger partial charge in [-0.2, -0.15) is 0 Å². The summed E-state index contributed by atoms with van der Waals surface area (Å²) in [5, 5.41) is 9.69. The molecule has 1 unspecified atom stereocenters. The first-order valence-corrected chi connectivity index (χ1v) is 33.5. The molecule has 76 heavy (non-hydrogen) atoms. The summed E-state index contributed by atoms with van der Waals surface area (Å²) in [5.41, 5.74) is 0. The second kappa shape index (κ2) is 66.6. The van der Waals surface area contributed by atoms with Crippen molar-refractivity contribution in [2.75, 3.05) is 13.2 Å². The molecule has 5 nitrogen and oxygen atoms in total. The topological polar surface area (TPSA) is 72.8 Å². The predicted molar refractivity (Wildman–Crippen MR) is 334 cm³/mol. The molecule has 0 aliphatic carbocycles. The smallest absolute Gasteiger partial charge is 0.306 e. The number of aliphatic hydroxyl groups excluding tert-OH is 1. The molecular formula is C71H128O5. The van der Waals surface area contributed by atoms with Gasteiger partial charge in [0.2, 0.25) is 0 Å². The Balaban J connectivity index is 3.44. The van der Waals surface area contributed by atoms with Gasteiger partial charge >= 0.3 is 11.9 Å². The lowest BCUT2D eigenvalue weighted by Gasteiger charge is -2.15. The van der Waals surface area contributed by atoms with Crippen molar-refractivity contribution in [1.29, 1.82) is 0 Å². The van der Waals surface area contributed by atoms with Crippen molar-refractivity contribution in [2.45, 2.75) is 354 Å². The summed E-state index contributed by atoms with van der Waals surface area (Å²) in [6.07, 6.45) is 92.0. The molecule has 0 aromatic heterocycles. The van der Waals surface area contributed by atoms with Gasteiger partial charge in [-0.05, 0) is 89.9 Å². The highest BCUT2D eigenvalue weighted by molar-refractivity contribution is 5.70. The van der Waals surface area contributed by atoms with Crippen LogP contribution in [0.4, 0.5) is 0 Å². The number of carbonyl (C=O) groups is 2. The minimum atomic E-state index is -0.775. The fourth-order valence-electron chi connectivity index (χ4n) is 9.93. The standard InChI is InChI=1S/C71H128O5/c1-3-5-7-9-11-13-15-17-19-21-23-25-27-29-31-33-35-37-39-41-43-45-47-49-51-53-55-57-59-61-63-65-70(73)75-68-69(67-72)76-71(74)66-64-62-60-58-56-54-52-50-48-46-44-42-40-38-36-34-32-30-28-26-24-22-20-18-16-14-12-10-8-6-4-2/h15-18,21-24,27-30,69,72H,3-14,19-20,25-26,31-68H2,1-2H3/b17-15-,18-16-,23-21-,24-22-,29-27-,30-28-. The number of carbonyl (C=O) groups excluding carboxylic acids is 2. The Hall–Kier alpha value is -2.66. The van der Waals surface area contributed by atoms with Crippen LogP contribution in [0.5, 0.6) is 0 Å². The average Bonchev–Trinajstić information content (AvgIpc) is 3.42. The largest absolute Gasteiger partial charge is 0.462 e. The van der Waals surface area contributed by atoms with E-state index >= 15 is 0 Å². The van der Waals surface area contributed by atoms with Crippen molar-refractivity contribution in [3.05, 3.63) is 72.9 Å². The van der Waals surface area contributed by atoms with Crippen LogP contribution < -0.4 is 0 Å². The van der Waals surface area contributed by atoms with Gasteiger partial charge in [-0.3, -0.25) is 9.59 Å². The molecule has 0 aromatic carbocycles. The normalized spacial score (nSPS) is 12.6. The van der Waals surface area contributed by atoms with E-state index in [9.17, 15) is 14.7 Å². The van der Waals surface area contributed by atoms with Crippen LogP contribution in [0.25, 0.3) is 0 Å². The van der Waals surface area contributed by atoms with Crippen molar-refractivity contribution in [3.63, 3.8) is 0 Å². The third kappa shape index (κ3) is 63.9. The van der Waals surface area contributed by atoms with Crippen LogP contribution in [-0.2, 0) is 19.1 Å². The Labute approximate surface area is 473 Å². The maximum absolute atomic E-state index is 12.4. The number of rotatable bonds is 62. The number of hydrogen-bond donors (Lipinski definition) is 1. The molecule has 1 N–H and O–H groups in total. The van der Waals surface area contributed by atoms with Gasteiger partial charge in [0.1, 0.15) is 6.61 Å². The van der Waals surface area contributed by atoms with Crippen LogP contribution in [0.3, 0.4) is 0 Å². The van der Waals surface area contributed by atoms with E-state index in [4.69, 9.17) is 9.47 Å². The molecule has 0 aromatic rings. The maximum atomic E-state index is 12.4. The van der Waals surface area contributed by atoms with E-state index in [1.54, 1.807) is 0 Å². The maximum Gasteiger partial charge on any atom is 0.306 e. The third-order valence-electron chi connectivity index (χ3n) is 15.0. The number of ether oxygens (including phenoxy) is 2. The lowest BCUT2D eigenvalue weighted by Crippen LogP contribution is -2.28. The zero-order valence-corrected chi connectivity index (χ0v) is 50.8. The van der Waals surface area contributed by atoms with Crippen molar-refractivity contribution in [2.24, 2.45) is 0 Å². The molecule has 0 spiro atoms. The first kappa shape index (κ1) is 73.3. The molecule has 0 saturated carbocycles. The first-order chi connectivity index (χ1) is 37.6. The lowest BCUT2D eigenvalue weighted by atomic mass is 10.0. The van der Waals surface area contributed by atoms with E-state index < -0.39 is 6.10 Å². The average molecular weight is 1060 g/mol. The van der Waals surface area contributed by atoms with Gasteiger partial charge in [0.05, 0.1) is 6.61 Å². The summed E-state index contributed by atoms with van der Waals surface area (Å²) >= 11 is 0. The minimum Gasteiger partial charge on any atom is -0.462 e. The Morgan fingerprint density at radius 3 is 0.789 bits per heavy atom. The SMILES string of the molecule is CCCCCCC/C=C\C/C=C\C/C=C\CCCCCCCCCCCCCCCCCCC(=O)OCC(CO)OC(=O)CCCCCCCCCCCCCCCCCC/C=C\C/C=C\C/C=C\CCCCCCC. The monoisotopic (exact) mass is 1060 g/mol. The highest BCUT2D eigenvalue weighted by Gasteiger charge is 2.16. The van der Waals surface area contributed by atoms with Gasteiger partial charge in [-0.1, -0.05) is 318 Å². The van der Waals surface area contributed by atoms with Gasteiger partial charge in [0.25, 0.3) is 0 Å². The van der Waals surface area contributed by atoms with Crippen LogP contribution in [0.2, 0.25) is 0 Å². The molecule has 0 bridgehead atoms. The summed E-state index contributed by atoms with van der Waals surface area (Å²) in [6.45, 7) is 4.16. The van der Waals surface area contributed by atoms with E-state index in [1.807, 2.05) is 0 Å². The fraction of sp³-hybridized carbons (Fsp3) is 0.803. The van der Waals surface area contributed by atoms with Crippen LogP contribution >= 0.6 is 0 Å². The second-order valence-corrected chi connectivity index (χ2v) is 22.5. The molecule has 1 atom stereocenters. The van der Waals surface area contributed by atoms with E-state index in [0.717, 1.165) is 64.2 Å². The van der Waals surface area contributed by atoms with Gasteiger partial charge < -0.3 is 14.6 Å². The highest BCUT2D eigenvalue weighted by Crippen LogP contribution is 2.18. The van der Waals surface area contributed by atoms with Crippen LogP contribution in [-0.4, -0.2) is 36.4 Å². The van der Waals surface area contributed by atoms with E-state index in [2.05, 4.69) is 86.8 Å². The number of aliphatic hydroxyl groups is 1. The Kier molecular flexibility index (Phi) is 64.3. The van der Waals surface area contributed by atoms with Crippen molar-refractivity contribution >= 4 is 11.9 Å². The lowest BCUT2D eigenvalue weighted by molar-refractivity contribution is -0.161. The predicted octanol–water partition coefficient (Wildman–Crippen LogP) is 23.1. The molecule has 0 amide bonds. The molecule has 0 aliphatic rings. The number of allylic oxidation sites excluding steroid dienone is 12. The molecule has 0 heterocycles. The summed E-state index contributed by atoms with van der Waals surface area (Å²) < 4.78 is 10.8. The second-order valence-electron chi connectivity index (χ2n) is 22.5. The van der Waals surface area contributed by atoms with Gasteiger partial charge in [-0.15, -0.1) is 0 Å². The number of esters is 2. The molecule has 0 aliphatic heterocycles. The van der Waals surface area contributed by atoms with Crippen molar-refractivity contribution in [1.82, 2.24) is 0 Å². The summed E-state index contributed by atoms with van der Waals surface area (Å²) in [7, 11) is 0. The zero-order valence-electron chi connectivity index (χ0n) is 50.8. The molecule has 442 valence electrons. The van der Waals surface area contributed by atoms with Crippen molar-refractivity contribution < 1.29 is 24.2 Å². The highest BCUT2D eigenvalue weighted by atomic mass is 16.6. The summed E-state index contributed by atoms with van der Waals surface area (Å²) in [6, 6.07) is 0. The van der Waals surface area contributed by atoms with Gasteiger partial charge in [-0.25, -0.2) is 0 Å². The van der Waals surface area contributed by atoms with Crippen LogP contribution in [0.1, 0.15) is 348 Å². The summed E-state index contributed by atoms with van der Waals surface area (Å²) in [5.74, 6) is -0.576. The molecule has 0 fully saturated rings. The van der Waals surface area contributed by atoms with Crippen LogP contribution in [0, 0.1) is 0 Å². The zero-order chi connectivity index (χ0) is 54.8. The molecule has 0 radical (unpaired) electrons. The van der Waals surface area contributed by atoms with Gasteiger partial charge in [0, 0.05) is 12.8 Å². The van der Waals surface area contributed by atoms with E-state index in [-0.39, 0.29) is 25.2 Å². The van der Waals surface area contributed by atoms with E-state index in [1.165, 1.54) is 257 Å². The molecule has 5 heteroatoms. The Morgan fingerprint density at radius 2 is 0.526 bits per heavy atom. The first-order valence-electron chi connectivity index (χ1n) is 33.5. The van der Waals surface area contributed by atoms with E-state index in [0.29, 0.717) is 12.8 Å². The minimum absolute atomic E-state index is 0.0644. The summed E-state index contributed by atoms with van der Waals surface area (Å²) in [4.78, 5) is 24.6. The van der Waals surface area contributed by atoms with Crippen LogP contribution in [0.15, 0.2) is 72.9 Å². The molecular weight excluding hydrogens is 933 g/mol. The quantitative estimate of drug-likeness (QED) is 0.0373. The van der Waals surface area contributed by atoms with Gasteiger partial charge in [0.15, 0.2) is 6.10 Å². The number of unbranched alkanes of at least 4 members (excludes halogenated alkanes) is 42. The molecule has 0 rings (SSSR count). The Morgan fingerprint density at radius 1 is 0.303 bits per heavy atom. The number of hydrogen-bond acceptors (Lipinski definition) is 5. The molecule has 0 saturated heterocycles. The Bertz CT molecular complexity index is 1340.